The molecule has 21 heavy (non-hydrogen) atoms. The van der Waals surface area contributed by atoms with Gasteiger partial charge in [-0.25, -0.2) is 9.37 Å². The highest BCUT2D eigenvalue weighted by molar-refractivity contribution is 9.10. The molecule has 0 spiro atoms. The van der Waals surface area contributed by atoms with Crippen molar-refractivity contribution in [2.24, 2.45) is 0 Å². The highest BCUT2D eigenvalue weighted by Gasteiger charge is 2.12. The minimum atomic E-state index is -0.357. The molecule has 0 bridgehead atoms. The predicted molar refractivity (Wildman–Crippen MR) is 85.0 cm³/mol. The van der Waals surface area contributed by atoms with E-state index in [0.717, 1.165) is 5.56 Å². The number of rotatable bonds is 4. The Hall–Kier alpha value is -1.46. The molecule has 1 N–H and O–H groups in total. The first-order chi connectivity index (χ1) is 9.83. The molecule has 2 aromatic rings. The number of benzene rings is 1. The smallest absolute Gasteiger partial charge is 0.223 e. The minimum Gasteiger partial charge on any atom is -0.439 e. The van der Waals surface area contributed by atoms with Crippen LogP contribution in [0.2, 0.25) is 0 Å². The number of halogens is 2. The van der Waals surface area contributed by atoms with Gasteiger partial charge in [0.05, 0.1) is 0 Å². The average molecular weight is 353 g/mol. The van der Waals surface area contributed by atoms with E-state index < -0.39 is 0 Å². The van der Waals surface area contributed by atoms with Crippen LogP contribution in [0.3, 0.4) is 0 Å². The third-order valence-electron chi connectivity index (χ3n) is 2.71. The van der Waals surface area contributed by atoms with Gasteiger partial charge in [0.1, 0.15) is 11.6 Å². The van der Waals surface area contributed by atoms with E-state index in [2.05, 4.69) is 47.0 Å². The zero-order chi connectivity index (χ0) is 15.5. The number of nitrogens with one attached hydrogen (secondary N) is 1. The third-order valence-corrected chi connectivity index (χ3v) is 3.17. The highest BCUT2D eigenvalue weighted by atomic mass is 79.9. The lowest BCUT2D eigenvalue weighted by molar-refractivity contribution is 0.408. The van der Waals surface area contributed by atoms with Crippen molar-refractivity contribution in [1.82, 2.24) is 10.3 Å². The van der Waals surface area contributed by atoms with E-state index in [0.29, 0.717) is 22.6 Å². The molecule has 0 saturated heterocycles. The van der Waals surface area contributed by atoms with Crippen LogP contribution in [-0.4, -0.2) is 10.5 Å². The van der Waals surface area contributed by atoms with Crippen molar-refractivity contribution >= 4 is 15.9 Å². The summed E-state index contributed by atoms with van der Waals surface area (Å²) in [7, 11) is 0. The van der Waals surface area contributed by atoms with Crippen molar-refractivity contribution < 1.29 is 9.13 Å². The van der Waals surface area contributed by atoms with Crippen LogP contribution >= 0.6 is 15.9 Å². The van der Waals surface area contributed by atoms with Crippen LogP contribution in [0.15, 0.2) is 41.0 Å². The van der Waals surface area contributed by atoms with Gasteiger partial charge in [0, 0.05) is 34.4 Å². The molecule has 1 aromatic carbocycles. The molecule has 0 unspecified atom stereocenters. The summed E-state index contributed by atoms with van der Waals surface area (Å²) in [5.74, 6) is 0.536. The summed E-state index contributed by atoms with van der Waals surface area (Å²) in [6.07, 6.45) is 1.66. The molecule has 0 amide bonds. The Morgan fingerprint density at radius 1 is 1.29 bits per heavy atom. The molecular weight excluding hydrogens is 335 g/mol. The molecule has 1 heterocycles. The van der Waals surface area contributed by atoms with E-state index in [9.17, 15) is 4.39 Å². The molecule has 112 valence electrons. The maximum absolute atomic E-state index is 13.4. The van der Waals surface area contributed by atoms with Crippen LogP contribution < -0.4 is 10.1 Å². The second-order valence-electron chi connectivity index (χ2n) is 5.78. The summed E-state index contributed by atoms with van der Waals surface area (Å²) in [5.41, 5.74) is 0.919. The highest BCUT2D eigenvalue weighted by Crippen LogP contribution is 2.27. The van der Waals surface area contributed by atoms with Gasteiger partial charge in [-0.2, -0.15) is 0 Å². The summed E-state index contributed by atoms with van der Waals surface area (Å²) < 4.78 is 19.7. The van der Waals surface area contributed by atoms with E-state index >= 15 is 0 Å². The lowest BCUT2D eigenvalue weighted by Gasteiger charge is -2.21. The van der Waals surface area contributed by atoms with Crippen molar-refractivity contribution in [2.75, 3.05) is 0 Å². The molecular formula is C16H18BrFN2O. The number of pyridine rings is 1. The number of aromatic nitrogens is 1. The fraction of sp³-hybridized carbons (Fsp3) is 0.312. The third kappa shape index (κ3) is 5.10. The molecule has 3 nitrogen and oxygen atoms in total. The van der Waals surface area contributed by atoms with Crippen LogP contribution in [0.4, 0.5) is 4.39 Å². The van der Waals surface area contributed by atoms with E-state index in [1.165, 1.54) is 12.1 Å². The maximum atomic E-state index is 13.4. The second kappa shape index (κ2) is 6.54. The number of ether oxygens (including phenoxy) is 1. The normalized spacial score (nSPS) is 11.5. The summed E-state index contributed by atoms with van der Waals surface area (Å²) in [4.78, 5) is 4.23. The van der Waals surface area contributed by atoms with Crippen molar-refractivity contribution in [3.05, 3.63) is 52.4 Å². The van der Waals surface area contributed by atoms with E-state index in [1.54, 1.807) is 12.3 Å². The Balaban J connectivity index is 2.20. The van der Waals surface area contributed by atoms with Gasteiger partial charge < -0.3 is 10.1 Å². The maximum Gasteiger partial charge on any atom is 0.223 e. The van der Waals surface area contributed by atoms with E-state index in [1.807, 2.05) is 12.1 Å². The molecule has 0 aliphatic rings. The molecule has 1 aromatic heterocycles. The first-order valence-corrected chi connectivity index (χ1v) is 7.46. The van der Waals surface area contributed by atoms with Gasteiger partial charge in [-0.3, -0.25) is 0 Å². The SMILES string of the molecule is CC(C)(C)NCc1cccnc1Oc1cc(F)cc(Br)c1. The topological polar surface area (TPSA) is 34.2 Å². The van der Waals surface area contributed by atoms with Crippen molar-refractivity contribution in [2.45, 2.75) is 32.9 Å². The molecule has 0 fully saturated rings. The molecule has 0 aliphatic carbocycles. The summed E-state index contributed by atoms with van der Waals surface area (Å²) in [6.45, 7) is 6.90. The van der Waals surface area contributed by atoms with Crippen LogP contribution in [0, 0.1) is 5.82 Å². The number of hydrogen-bond acceptors (Lipinski definition) is 3. The Morgan fingerprint density at radius 2 is 2.05 bits per heavy atom. The summed E-state index contributed by atoms with van der Waals surface area (Å²) in [6, 6.07) is 8.22. The van der Waals surface area contributed by atoms with Gasteiger partial charge >= 0.3 is 0 Å². The molecule has 2 rings (SSSR count). The Kier molecular flexibility index (Phi) is 4.96. The molecule has 0 atom stereocenters. The van der Waals surface area contributed by atoms with Gasteiger partial charge in [0.25, 0.3) is 0 Å². The first kappa shape index (κ1) is 15.9. The van der Waals surface area contributed by atoms with Crippen LogP contribution in [0.25, 0.3) is 0 Å². The second-order valence-corrected chi connectivity index (χ2v) is 6.69. The Bertz CT molecular complexity index is 606. The van der Waals surface area contributed by atoms with Crippen LogP contribution in [-0.2, 0) is 6.54 Å². The van der Waals surface area contributed by atoms with Crippen LogP contribution in [0.1, 0.15) is 26.3 Å². The Morgan fingerprint density at radius 3 is 2.71 bits per heavy atom. The molecule has 5 heteroatoms. The van der Waals surface area contributed by atoms with Gasteiger partial charge in [-0.05, 0) is 39.0 Å². The summed E-state index contributed by atoms with van der Waals surface area (Å²) in [5, 5.41) is 3.38. The van der Waals surface area contributed by atoms with Crippen molar-refractivity contribution in [3.63, 3.8) is 0 Å². The molecule has 0 aliphatic heterocycles. The predicted octanol–water partition coefficient (Wildman–Crippen LogP) is 4.66. The minimum absolute atomic E-state index is 0.00497. The van der Waals surface area contributed by atoms with Crippen LogP contribution in [0.5, 0.6) is 11.6 Å². The van der Waals surface area contributed by atoms with Gasteiger partial charge in [0.15, 0.2) is 0 Å². The van der Waals surface area contributed by atoms with E-state index in [4.69, 9.17) is 4.74 Å². The average Bonchev–Trinajstić information content (AvgIpc) is 2.35. The van der Waals surface area contributed by atoms with Crippen molar-refractivity contribution in [1.29, 1.82) is 0 Å². The zero-order valence-electron chi connectivity index (χ0n) is 12.3. The quantitative estimate of drug-likeness (QED) is 0.868. The largest absolute Gasteiger partial charge is 0.439 e. The fourth-order valence-corrected chi connectivity index (χ4v) is 2.15. The monoisotopic (exact) mass is 352 g/mol. The van der Waals surface area contributed by atoms with Gasteiger partial charge in [0.2, 0.25) is 5.88 Å². The number of hydrogen-bond donors (Lipinski definition) is 1. The molecule has 0 radical (unpaired) electrons. The lowest BCUT2D eigenvalue weighted by atomic mass is 10.1. The Labute approximate surface area is 132 Å². The zero-order valence-corrected chi connectivity index (χ0v) is 13.9. The lowest BCUT2D eigenvalue weighted by Crippen LogP contribution is -2.35. The van der Waals surface area contributed by atoms with E-state index in [-0.39, 0.29) is 11.4 Å². The fourth-order valence-electron chi connectivity index (χ4n) is 1.71. The first-order valence-electron chi connectivity index (χ1n) is 6.66. The van der Waals surface area contributed by atoms with Gasteiger partial charge in [-0.1, -0.05) is 22.0 Å². The van der Waals surface area contributed by atoms with Gasteiger partial charge in [-0.15, -0.1) is 0 Å². The summed E-state index contributed by atoms with van der Waals surface area (Å²) >= 11 is 3.25. The standard InChI is InChI=1S/C16H18BrFN2O/c1-16(2,3)20-10-11-5-4-6-19-15(11)21-14-8-12(17)7-13(18)9-14/h4-9,20H,10H2,1-3H3. The van der Waals surface area contributed by atoms with Crippen molar-refractivity contribution in [3.8, 4) is 11.6 Å². The molecule has 0 saturated carbocycles. The number of nitrogens with zero attached hydrogens (tertiary/aromatic N) is 1.